The zero-order valence-corrected chi connectivity index (χ0v) is 21.0. The quantitative estimate of drug-likeness (QED) is 0.237. The van der Waals surface area contributed by atoms with Crippen molar-refractivity contribution in [1.82, 2.24) is 9.55 Å². The highest BCUT2D eigenvalue weighted by molar-refractivity contribution is 5.79. The molecular weight excluding hydrogens is 456 g/mol. The minimum absolute atomic E-state index is 0.0157. The van der Waals surface area contributed by atoms with E-state index in [4.69, 9.17) is 23.9 Å². The fraction of sp³-hybridized carbons (Fsp3) is 0.310. The van der Waals surface area contributed by atoms with E-state index in [1.165, 1.54) is 0 Å². The van der Waals surface area contributed by atoms with Crippen molar-refractivity contribution in [1.29, 1.82) is 0 Å². The van der Waals surface area contributed by atoms with Crippen LogP contribution < -0.4 is 24.5 Å². The second-order valence-electron chi connectivity index (χ2n) is 8.39. The van der Waals surface area contributed by atoms with Crippen LogP contribution in [0.1, 0.15) is 25.7 Å². The molecule has 0 saturated carbocycles. The van der Waals surface area contributed by atoms with Crippen LogP contribution in [0, 0.1) is 0 Å². The molecule has 4 aromatic rings. The number of ether oxygens (including phenoxy) is 4. The van der Waals surface area contributed by atoms with Crippen LogP contribution in [0.4, 0.5) is 0 Å². The molecule has 0 N–H and O–H groups in total. The number of rotatable bonds is 12. The van der Waals surface area contributed by atoms with E-state index < -0.39 is 0 Å². The Bertz CT molecular complexity index is 1330. The van der Waals surface area contributed by atoms with E-state index in [-0.39, 0.29) is 5.56 Å². The van der Waals surface area contributed by atoms with Crippen LogP contribution in [-0.2, 0) is 6.54 Å². The summed E-state index contributed by atoms with van der Waals surface area (Å²) in [5.74, 6) is 3.38. The average Bonchev–Trinajstić information content (AvgIpc) is 2.93. The van der Waals surface area contributed by atoms with Crippen LogP contribution in [0.5, 0.6) is 23.0 Å². The number of benzene rings is 3. The molecule has 0 fully saturated rings. The van der Waals surface area contributed by atoms with Gasteiger partial charge in [0.25, 0.3) is 5.56 Å². The summed E-state index contributed by atoms with van der Waals surface area (Å²) in [7, 11) is 4.87. The van der Waals surface area contributed by atoms with Gasteiger partial charge in [0.1, 0.15) is 11.6 Å². The predicted octanol–water partition coefficient (Wildman–Crippen LogP) is 5.73. The van der Waals surface area contributed by atoms with Gasteiger partial charge in [0.2, 0.25) is 5.75 Å². The molecule has 0 atom stereocenters. The minimum Gasteiger partial charge on any atom is -0.497 e. The monoisotopic (exact) mass is 488 g/mol. The highest BCUT2D eigenvalue weighted by Gasteiger charge is 2.13. The molecule has 7 heteroatoms. The van der Waals surface area contributed by atoms with Gasteiger partial charge in [0.15, 0.2) is 11.5 Å². The lowest BCUT2D eigenvalue weighted by molar-refractivity contribution is 0.267. The summed E-state index contributed by atoms with van der Waals surface area (Å²) >= 11 is 0. The van der Waals surface area contributed by atoms with Gasteiger partial charge in [0, 0.05) is 12.1 Å². The maximum absolute atomic E-state index is 13.3. The lowest BCUT2D eigenvalue weighted by Crippen LogP contribution is -2.23. The van der Waals surface area contributed by atoms with Crippen molar-refractivity contribution in [2.24, 2.45) is 0 Å². The molecule has 0 aliphatic heterocycles. The van der Waals surface area contributed by atoms with Crippen LogP contribution in [0.2, 0.25) is 0 Å². The van der Waals surface area contributed by atoms with Crippen molar-refractivity contribution in [3.8, 4) is 34.4 Å². The Labute approximate surface area is 211 Å². The molecular formula is C29H32N2O5. The molecule has 1 heterocycles. The maximum Gasteiger partial charge on any atom is 0.261 e. The van der Waals surface area contributed by atoms with Gasteiger partial charge in [-0.15, -0.1) is 0 Å². The van der Waals surface area contributed by atoms with Gasteiger partial charge in [-0.05, 0) is 61.4 Å². The summed E-state index contributed by atoms with van der Waals surface area (Å²) in [4.78, 5) is 18.2. The van der Waals surface area contributed by atoms with E-state index in [1.54, 1.807) is 25.9 Å². The first kappa shape index (κ1) is 25.1. The largest absolute Gasteiger partial charge is 0.497 e. The van der Waals surface area contributed by atoms with E-state index in [0.29, 0.717) is 47.1 Å². The topological polar surface area (TPSA) is 71.8 Å². The first-order valence-electron chi connectivity index (χ1n) is 12.1. The van der Waals surface area contributed by atoms with Crippen molar-refractivity contribution in [3.05, 3.63) is 77.1 Å². The summed E-state index contributed by atoms with van der Waals surface area (Å²) in [5, 5.41) is 0.633. The summed E-state index contributed by atoms with van der Waals surface area (Å²) in [5.41, 5.74) is 1.57. The molecule has 7 nitrogen and oxygen atoms in total. The Kier molecular flexibility index (Phi) is 8.44. The number of fused-ring (bicyclic) bond motifs is 1. The number of hydrogen-bond donors (Lipinski definition) is 0. The van der Waals surface area contributed by atoms with Crippen LogP contribution in [0.15, 0.2) is 71.5 Å². The third-order valence-electron chi connectivity index (χ3n) is 6.11. The van der Waals surface area contributed by atoms with Gasteiger partial charge >= 0.3 is 0 Å². The molecule has 0 unspecified atom stereocenters. The van der Waals surface area contributed by atoms with E-state index in [1.807, 2.05) is 66.7 Å². The van der Waals surface area contributed by atoms with Crippen LogP contribution in [0.25, 0.3) is 22.3 Å². The number of aromatic nitrogens is 2. The highest BCUT2D eigenvalue weighted by atomic mass is 16.5. The lowest BCUT2D eigenvalue weighted by atomic mass is 10.1. The number of para-hydroxylation sites is 2. The van der Waals surface area contributed by atoms with Gasteiger partial charge < -0.3 is 18.9 Å². The Morgan fingerprint density at radius 1 is 0.750 bits per heavy atom. The molecule has 0 saturated heterocycles. The van der Waals surface area contributed by atoms with E-state index in [9.17, 15) is 4.79 Å². The van der Waals surface area contributed by atoms with Crippen molar-refractivity contribution >= 4 is 10.9 Å². The molecule has 4 rings (SSSR count). The number of methoxy groups -OCH3 is 3. The molecule has 0 amide bonds. The van der Waals surface area contributed by atoms with Gasteiger partial charge in [-0.1, -0.05) is 31.0 Å². The van der Waals surface area contributed by atoms with Crippen LogP contribution >= 0.6 is 0 Å². The maximum atomic E-state index is 13.3. The zero-order valence-electron chi connectivity index (χ0n) is 21.0. The van der Waals surface area contributed by atoms with E-state index in [2.05, 4.69) is 0 Å². The molecule has 1 aromatic heterocycles. The molecule has 3 aromatic carbocycles. The Hall–Kier alpha value is -4.00. The number of hydrogen-bond acceptors (Lipinski definition) is 6. The molecule has 0 spiro atoms. The van der Waals surface area contributed by atoms with E-state index >= 15 is 0 Å². The smallest absolute Gasteiger partial charge is 0.261 e. The van der Waals surface area contributed by atoms with Crippen molar-refractivity contribution in [2.75, 3.05) is 27.9 Å². The zero-order chi connectivity index (χ0) is 25.3. The number of unbranched alkanes of at least 4 members (excludes halogenated alkanes) is 3. The molecule has 0 bridgehead atoms. The molecule has 0 aliphatic carbocycles. The van der Waals surface area contributed by atoms with Crippen molar-refractivity contribution in [3.63, 3.8) is 0 Å². The van der Waals surface area contributed by atoms with Crippen LogP contribution in [0.3, 0.4) is 0 Å². The van der Waals surface area contributed by atoms with Gasteiger partial charge in [-0.2, -0.15) is 0 Å². The van der Waals surface area contributed by atoms with Gasteiger partial charge in [-0.25, -0.2) is 4.98 Å². The number of nitrogens with zero attached hydrogens (tertiary/aromatic N) is 2. The first-order valence-corrected chi connectivity index (χ1v) is 12.1. The standard InChI is InChI=1S/C29H32N2O5/c1-33-22-17-15-21(16-18-22)28-30-24-12-7-6-11-23(24)29(32)31(28)19-8-4-5-9-20-36-27-25(34-2)13-10-14-26(27)35-3/h6-7,10-18H,4-5,8-9,19-20H2,1-3H3. The molecule has 36 heavy (non-hydrogen) atoms. The Morgan fingerprint density at radius 3 is 2.14 bits per heavy atom. The minimum atomic E-state index is -0.0157. The predicted molar refractivity (Wildman–Crippen MR) is 141 cm³/mol. The lowest BCUT2D eigenvalue weighted by Gasteiger charge is -2.15. The normalized spacial score (nSPS) is 10.9. The molecule has 0 aliphatic rings. The average molecular weight is 489 g/mol. The second kappa shape index (κ2) is 12.1. The third kappa shape index (κ3) is 5.62. The summed E-state index contributed by atoms with van der Waals surface area (Å²) in [6.45, 7) is 1.16. The summed E-state index contributed by atoms with van der Waals surface area (Å²) in [6.07, 6.45) is 3.69. The van der Waals surface area contributed by atoms with Crippen molar-refractivity contribution < 1.29 is 18.9 Å². The van der Waals surface area contributed by atoms with Gasteiger partial charge in [0.05, 0.1) is 38.8 Å². The fourth-order valence-corrected chi connectivity index (χ4v) is 4.20. The highest BCUT2D eigenvalue weighted by Crippen LogP contribution is 2.36. The second-order valence-corrected chi connectivity index (χ2v) is 8.39. The first-order chi connectivity index (χ1) is 17.7. The van der Waals surface area contributed by atoms with Crippen molar-refractivity contribution in [2.45, 2.75) is 32.2 Å². The summed E-state index contributed by atoms with van der Waals surface area (Å²) < 4.78 is 23.8. The SMILES string of the molecule is COc1ccc(-c2nc3ccccc3c(=O)n2CCCCCCOc2c(OC)cccc2OC)cc1. The summed E-state index contributed by atoms with van der Waals surface area (Å²) in [6, 6.07) is 20.7. The molecule has 0 radical (unpaired) electrons. The van der Waals surface area contributed by atoms with E-state index in [0.717, 1.165) is 37.0 Å². The Balaban J connectivity index is 1.40. The third-order valence-corrected chi connectivity index (χ3v) is 6.11. The fourth-order valence-electron chi connectivity index (χ4n) is 4.20. The molecule has 188 valence electrons. The Morgan fingerprint density at radius 2 is 1.44 bits per heavy atom. The van der Waals surface area contributed by atoms with Crippen LogP contribution in [-0.4, -0.2) is 37.5 Å². The van der Waals surface area contributed by atoms with Gasteiger partial charge in [-0.3, -0.25) is 9.36 Å².